The average molecular weight is 463 g/mol. The van der Waals surface area contributed by atoms with E-state index >= 15 is 0 Å². The fraction of sp³-hybridized carbons (Fsp3) is 0.174. The number of hydrogen-bond donors (Lipinski definition) is 3. The number of aromatic amines is 1. The van der Waals surface area contributed by atoms with Gasteiger partial charge in [0.1, 0.15) is 5.82 Å². The van der Waals surface area contributed by atoms with Gasteiger partial charge >= 0.3 is 0 Å². The summed E-state index contributed by atoms with van der Waals surface area (Å²) in [5.74, 6) is 1.53. The molecule has 1 saturated heterocycles. The van der Waals surface area contributed by atoms with Crippen molar-refractivity contribution >= 4 is 62.3 Å². The van der Waals surface area contributed by atoms with Crippen LogP contribution in [0.25, 0.3) is 27.5 Å². The highest BCUT2D eigenvalue weighted by Gasteiger charge is 2.65. The van der Waals surface area contributed by atoms with Crippen molar-refractivity contribution in [3.8, 4) is 0 Å². The normalized spacial score (nSPS) is 24.9. The third kappa shape index (κ3) is 2.28. The highest BCUT2D eigenvalue weighted by atomic mass is 35.5. The predicted molar refractivity (Wildman–Crippen MR) is 127 cm³/mol. The van der Waals surface area contributed by atoms with Crippen LogP contribution in [0, 0.1) is 5.92 Å². The molecule has 0 radical (unpaired) electrons. The van der Waals surface area contributed by atoms with Gasteiger partial charge in [-0.15, -0.1) is 0 Å². The van der Waals surface area contributed by atoms with Gasteiger partial charge in [0.25, 0.3) is 5.56 Å². The van der Waals surface area contributed by atoms with Crippen molar-refractivity contribution in [3.63, 3.8) is 0 Å². The van der Waals surface area contributed by atoms with Crippen LogP contribution in [-0.2, 0) is 7.05 Å². The zero-order chi connectivity index (χ0) is 21.8. The quantitative estimate of drug-likeness (QED) is 0.313. The summed E-state index contributed by atoms with van der Waals surface area (Å²) in [5, 5.41) is 8.17. The maximum Gasteiger partial charge on any atom is 0.261 e. The van der Waals surface area contributed by atoms with Crippen LogP contribution in [0.1, 0.15) is 5.82 Å². The molecule has 2 aliphatic carbocycles. The van der Waals surface area contributed by atoms with Gasteiger partial charge in [0.15, 0.2) is 0 Å². The van der Waals surface area contributed by atoms with Crippen molar-refractivity contribution in [2.75, 3.05) is 5.32 Å². The number of fused-ring (bicyclic) bond motifs is 3. The van der Waals surface area contributed by atoms with Crippen molar-refractivity contribution in [3.05, 3.63) is 74.8 Å². The van der Waals surface area contributed by atoms with Crippen LogP contribution in [0.3, 0.4) is 0 Å². The van der Waals surface area contributed by atoms with Gasteiger partial charge in [-0.25, -0.2) is 9.97 Å². The molecule has 3 heterocycles. The van der Waals surface area contributed by atoms with E-state index in [0.717, 1.165) is 5.57 Å². The van der Waals surface area contributed by atoms with Crippen molar-refractivity contribution < 1.29 is 0 Å². The molecule has 32 heavy (non-hydrogen) atoms. The maximum atomic E-state index is 13.2. The summed E-state index contributed by atoms with van der Waals surface area (Å²) >= 11 is 12.6. The maximum absolute atomic E-state index is 13.2. The molecule has 7 nitrogen and oxygen atoms in total. The van der Waals surface area contributed by atoms with E-state index in [4.69, 9.17) is 28.2 Å². The van der Waals surface area contributed by atoms with Crippen molar-refractivity contribution in [2.45, 2.75) is 11.6 Å². The molecule has 2 aromatic carbocycles. The Bertz CT molecular complexity index is 1600. The molecule has 1 spiro atoms. The number of H-pyrrole nitrogens is 1. The summed E-state index contributed by atoms with van der Waals surface area (Å²) in [5.41, 5.74) is 3.49. The Morgan fingerprint density at radius 2 is 1.91 bits per heavy atom. The topological polar surface area (TPSA) is 97.5 Å². The molecule has 1 aliphatic heterocycles. The molecule has 0 saturated carbocycles. The molecule has 4 aromatic rings. The third-order valence-electron chi connectivity index (χ3n) is 6.77. The number of para-hydroxylation sites is 1. The number of aryl methyl sites for hydroxylation is 1. The van der Waals surface area contributed by atoms with E-state index in [1.54, 1.807) is 18.2 Å². The van der Waals surface area contributed by atoms with Crippen LogP contribution < -0.4 is 16.2 Å². The minimum atomic E-state index is -0.191. The van der Waals surface area contributed by atoms with Gasteiger partial charge in [-0.2, -0.15) is 0 Å². The first kappa shape index (κ1) is 18.4. The lowest BCUT2D eigenvalue weighted by Crippen LogP contribution is -2.28. The molecular weight excluding hydrogens is 447 g/mol. The molecule has 3 atom stereocenters. The molecule has 2 aromatic heterocycles. The smallest absolute Gasteiger partial charge is 0.261 e. The first-order valence-corrected chi connectivity index (χ1v) is 11.0. The summed E-state index contributed by atoms with van der Waals surface area (Å²) < 4.78 is 1.82. The van der Waals surface area contributed by atoms with Gasteiger partial charge in [0.05, 0.1) is 49.2 Å². The van der Waals surface area contributed by atoms with Crippen LogP contribution in [-0.4, -0.2) is 31.1 Å². The van der Waals surface area contributed by atoms with Crippen LogP contribution in [0.15, 0.2) is 53.4 Å². The lowest BCUT2D eigenvalue weighted by atomic mass is 9.83. The Labute approximate surface area is 191 Å². The first-order chi connectivity index (χ1) is 15.5. The molecule has 9 heteroatoms. The third-order valence-corrected chi connectivity index (χ3v) is 7.40. The lowest BCUT2D eigenvalue weighted by molar-refractivity contribution is 0.597. The Morgan fingerprint density at radius 1 is 1.12 bits per heavy atom. The van der Waals surface area contributed by atoms with Gasteiger partial charge in [-0.3, -0.25) is 10.1 Å². The van der Waals surface area contributed by atoms with Crippen LogP contribution >= 0.6 is 23.2 Å². The predicted octanol–water partition coefficient (Wildman–Crippen LogP) is 4.15. The molecule has 0 amide bonds. The number of rotatable bonds is 3. The standard InChI is InChI=1S/C23H16Cl2N6O/c1-31-18-15(27-22(31)28-17-12(24)3-2-4-13(17)25)6-5-14-16(18)21(32)29-20(26-14)11-9-10-7-8-23(10)19(11)30-23/h2-10,19,30H,1H3,(H,27,28)(H,26,29,32). The van der Waals surface area contributed by atoms with Crippen molar-refractivity contribution in [1.82, 2.24) is 24.8 Å². The average Bonchev–Trinajstić information content (AvgIpc) is 3.39. The minimum absolute atomic E-state index is 0.0649. The van der Waals surface area contributed by atoms with E-state index in [2.05, 4.69) is 38.8 Å². The van der Waals surface area contributed by atoms with Crippen LogP contribution in [0.4, 0.5) is 11.6 Å². The molecule has 1 fully saturated rings. The van der Waals surface area contributed by atoms with E-state index in [-0.39, 0.29) is 17.1 Å². The van der Waals surface area contributed by atoms with Gasteiger partial charge in [0, 0.05) is 18.5 Å². The summed E-state index contributed by atoms with van der Waals surface area (Å²) in [4.78, 5) is 25.7. The second kappa shape index (κ2) is 6.01. The number of anilines is 2. The molecule has 7 rings (SSSR count). The van der Waals surface area contributed by atoms with Crippen molar-refractivity contribution in [1.29, 1.82) is 0 Å². The Kier molecular flexibility index (Phi) is 3.46. The molecule has 3 aliphatic rings. The van der Waals surface area contributed by atoms with E-state index in [1.807, 2.05) is 23.7 Å². The number of nitrogens with zero attached hydrogens (tertiary/aromatic N) is 3. The van der Waals surface area contributed by atoms with Gasteiger partial charge in [-0.1, -0.05) is 47.5 Å². The second-order valence-corrected chi connectivity index (χ2v) is 9.29. The van der Waals surface area contributed by atoms with Crippen LogP contribution in [0.5, 0.6) is 0 Å². The van der Waals surface area contributed by atoms with Crippen molar-refractivity contribution in [2.24, 2.45) is 13.0 Å². The van der Waals surface area contributed by atoms with E-state index < -0.39 is 0 Å². The lowest BCUT2D eigenvalue weighted by Gasteiger charge is -2.21. The highest BCUT2D eigenvalue weighted by Crippen LogP contribution is 2.55. The molecule has 158 valence electrons. The number of benzene rings is 2. The van der Waals surface area contributed by atoms with E-state index in [1.165, 1.54) is 0 Å². The fourth-order valence-electron chi connectivity index (χ4n) is 5.00. The summed E-state index contributed by atoms with van der Waals surface area (Å²) in [6, 6.07) is 9.23. The number of halogens is 2. The van der Waals surface area contributed by atoms with Gasteiger partial charge in [0.2, 0.25) is 5.95 Å². The Hall–Kier alpha value is -3.13. The van der Waals surface area contributed by atoms with Gasteiger partial charge < -0.3 is 14.9 Å². The number of aromatic nitrogens is 4. The largest absolute Gasteiger partial charge is 0.323 e. The first-order valence-electron chi connectivity index (χ1n) is 10.3. The highest BCUT2D eigenvalue weighted by molar-refractivity contribution is 6.39. The molecule has 3 unspecified atom stereocenters. The monoisotopic (exact) mass is 462 g/mol. The van der Waals surface area contributed by atoms with E-state index in [0.29, 0.717) is 55.4 Å². The molecule has 3 N–H and O–H groups in total. The Balaban J connectivity index is 1.37. The van der Waals surface area contributed by atoms with E-state index in [9.17, 15) is 4.79 Å². The van der Waals surface area contributed by atoms with Gasteiger partial charge in [-0.05, 0) is 24.3 Å². The number of imidazole rings is 1. The zero-order valence-corrected chi connectivity index (χ0v) is 18.3. The Morgan fingerprint density at radius 3 is 2.56 bits per heavy atom. The van der Waals surface area contributed by atoms with Crippen LogP contribution in [0.2, 0.25) is 10.0 Å². The summed E-state index contributed by atoms with van der Waals surface area (Å²) in [7, 11) is 1.84. The SMILES string of the molecule is Cn1c(Nc2c(Cl)cccc2Cl)nc2ccc3nc(C4=CC5C=CC56NC46)[nH]c(=O)c3c21. The fourth-order valence-corrected chi connectivity index (χ4v) is 5.49. The molecule has 0 bridgehead atoms. The minimum Gasteiger partial charge on any atom is -0.323 e. The zero-order valence-electron chi connectivity index (χ0n) is 16.8. The number of hydrogen-bond acceptors (Lipinski definition) is 5. The summed E-state index contributed by atoms with van der Waals surface area (Å²) in [6.07, 6.45) is 6.57. The summed E-state index contributed by atoms with van der Waals surface area (Å²) in [6.45, 7) is 0. The second-order valence-electron chi connectivity index (χ2n) is 8.48. The number of nitrogens with one attached hydrogen (secondary N) is 3. The molecular formula is C23H16Cl2N6O.